The largest absolute Gasteiger partial charge is 0.497 e. The minimum Gasteiger partial charge on any atom is -0.497 e. The minimum absolute atomic E-state index is 0.103. The number of carboxylic acids is 2. The van der Waals surface area contributed by atoms with Gasteiger partial charge in [0.25, 0.3) is 0 Å². The van der Waals surface area contributed by atoms with Gasteiger partial charge in [-0.1, -0.05) is 142 Å². The van der Waals surface area contributed by atoms with E-state index < -0.39 is 70.1 Å². The number of ether oxygens (including phenoxy) is 4. The van der Waals surface area contributed by atoms with E-state index in [0.29, 0.717) is 64.5 Å². The molecule has 0 spiro atoms. The van der Waals surface area contributed by atoms with Gasteiger partial charge in [-0.05, 0) is 162 Å². The summed E-state index contributed by atoms with van der Waals surface area (Å²) in [5.41, 5.74) is 1.80. The molecule has 0 bridgehead atoms. The van der Waals surface area contributed by atoms with E-state index in [9.17, 15) is 34.5 Å². The van der Waals surface area contributed by atoms with Gasteiger partial charge in [-0.15, -0.1) is 0 Å². The first-order valence-corrected chi connectivity index (χ1v) is 34.2. The molecule has 8 atom stereocenters. The monoisotopic (exact) mass is 1150 g/mol. The van der Waals surface area contributed by atoms with E-state index in [1.807, 2.05) is 38.1 Å². The number of aliphatic hydroxyl groups excluding tert-OH is 1. The first-order chi connectivity index (χ1) is 36.2. The Kier molecular flexibility index (Phi) is 33.6. The maximum Gasteiger partial charge on any atom is 0.408 e. The van der Waals surface area contributed by atoms with Gasteiger partial charge < -0.3 is 53.8 Å². The van der Waals surface area contributed by atoms with Crippen LogP contribution in [0.5, 0.6) is 5.75 Å². The van der Waals surface area contributed by atoms with Crippen LogP contribution in [0.4, 0.5) is 9.59 Å². The molecule has 0 heterocycles. The number of alkyl carbamates (subject to hydrolysis) is 2. The van der Waals surface area contributed by atoms with Crippen LogP contribution < -0.4 is 15.4 Å². The number of amides is 2. The van der Waals surface area contributed by atoms with Crippen molar-refractivity contribution in [3.05, 3.63) is 29.8 Å². The number of carbonyl (C=O) groups is 4. The van der Waals surface area contributed by atoms with Crippen LogP contribution in [0.2, 0.25) is 33.2 Å². The molecule has 0 aliphatic carbocycles. The van der Waals surface area contributed by atoms with Gasteiger partial charge in [0.15, 0.2) is 0 Å². The Hall–Kier alpha value is -3.23. The van der Waals surface area contributed by atoms with E-state index in [-0.39, 0.29) is 36.6 Å². The molecule has 2 amide bonds. The third-order valence-electron chi connectivity index (χ3n) is 15.4. The summed E-state index contributed by atoms with van der Waals surface area (Å²) in [6.45, 7) is 50.4. The summed E-state index contributed by atoms with van der Waals surface area (Å²) in [5, 5.41) is 35.9. The van der Waals surface area contributed by atoms with Crippen molar-refractivity contribution in [1.29, 1.82) is 0 Å². The highest BCUT2D eigenvalue weighted by molar-refractivity contribution is 6.78. The maximum atomic E-state index is 12.7. The Morgan fingerprint density at radius 3 is 1.24 bits per heavy atom. The lowest BCUT2D eigenvalue weighted by atomic mass is 9.85. The van der Waals surface area contributed by atoms with Crippen molar-refractivity contribution in [2.75, 3.05) is 7.11 Å². The first-order valence-electron chi connectivity index (χ1n) is 29.9. The van der Waals surface area contributed by atoms with Crippen molar-refractivity contribution in [1.82, 2.24) is 10.6 Å². The Balaban J connectivity index is 0.00000157. The lowest BCUT2D eigenvalue weighted by Gasteiger charge is -2.48. The summed E-state index contributed by atoms with van der Waals surface area (Å²) < 4.78 is 37.0. The number of aliphatic carboxylic acids is 2. The van der Waals surface area contributed by atoms with Gasteiger partial charge in [0.1, 0.15) is 29.0 Å². The van der Waals surface area contributed by atoms with Crippen molar-refractivity contribution in [2.45, 2.75) is 305 Å². The summed E-state index contributed by atoms with van der Waals surface area (Å²) in [4.78, 5) is 49.1. The van der Waals surface area contributed by atoms with Crippen molar-refractivity contribution >= 4 is 40.8 Å². The number of aliphatic hydroxyl groups is 1. The summed E-state index contributed by atoms with van der Waals surface area (Å²) in [6, 6.07) is 5.65. The second kappa shape index (κ2) is 35.0. The maximum absolute atomic E-state index is 12.7. The number of carboxylic acid groups (broad SMARTS) is 2. The third kappa shape index (κ3) is 26.7. The zero-order valence-corrected chi connectivity index (χ0v) is 56.3. The second-order valence-electron chi connectivity index (χ2n) is 27.1. The molecule has 0 saturated carbocycles. The topological polar surface area (TPSA) is 208 Å². The SMILES string of the molecule is CC(C)CC[C@@H](CCC[C@H](NC(=O)OC(C)(C)C)C(=O)O)[C@@H](O[Si](C(C)C)(C(C)C)C(C)C)[C@H](C)O.COc1ccc(CO[C@@H](C)[C@H](O[Si](C(C)C)(C(C)C)C(C)C)[C@@H](CCC(C)C)C[C@H](NC(=O)OC(C)(C)C)C(=O)O)cc1. The van der Waals surface area contributed by atoms with Gasteiger partial charge in [-0.2, -0.15) is 0 Å². The predicted octanol–water partition coefficient (Wildman–Crippen LogP) is 15.7. The number of rotatable bonds is 34. The highest BCUT2D eigenvalue weighted by atomic mass is 28.4. The highest BCUT2D eigenvalue weighted by Gasteiger charge is 2.50. The molecular weight excluding hydrogens is 1040 g/mol. The number of carbonyl (C=O) groups excluding carboxylic acids is 2. The molecule has 0 aliphatic heterocycles. The number of benzene rings is 1. The molecule has 1 rings (SSSR count). The van der Waals surface area contributed by atoms with Crippen LogP contribution in [0.1, 0.15) is 223 Å². The van der Waals surface area contributed by atoms with Crippen LogP contribution in [0, 0.1) is 23.7 Å². The third-order valence-corrected chi connectivity index (χ3v) is 27.6. The Morgan fingerprint density at radius 1 is 0.519 bits per heavy atom. The molecule has 0 radical (unpaired) electrons. The van der Waals surface area contributed by atoms with Crippen LogP contribution in [-0.4, -0.2) is 111 Å². The fraction of sp³-hybridized carbons (Fsp3) is 0.839. The van der Waals surface area contributed by atoms with Crippen LogP contribution in [0.3, 0.4) is 0 Å². The van der Waals surface area contributed by atoms with Gasteiger partial charge in [0.05, 0.1) is 38.1 Å². The summed E-state index contributed by atoms with van der Waals surface area (Å²) in [7, 11) is -2.97. The van der Waals surface area contributed by atoms with Gasteiger partial charge in [0, 0.05) is 0 Å². The molecule has 1 aromatic rings. The van der Waals surface area contributed by atoms with Gasteiger partial charge in [-0.3, -0.25) is 0 Å². The van der Waals surface area contributed by atoms with Crippen molar-refractivity contribution in [2.24, 2.45) is 23.7 Å². The average Bonchev–Trinajstić information content (AvgIpc) is 3.29. The molecule has 0 unspecified atom stereocenters. The van der Waals surface area contributed by atoms with E-state index in [4.69, 9.17) is 27.8 Å². The minimum atomic E-state index is -2.39. The number of methoxy groups -OCH3 is 1. The standard InChI is InChI=1S/C34H61NO7Si.C28H57NO6Si/c1-22(2)14-17-28(20-30(32(36)37)35-33(38)41-34(10,11)12)31(42-43(23(3)4,24(5)6)25(7)8)26(9)40-21-27-15-18-29(39-13)19-16-27;1-18(2)16-17-23(14-13-15-24(26(31)32)29-27(33)34-28(10,11)12)25(22(9)30)35-36(19(3)4,20(5)6)21(7)8/h15-16,18-19,22-26,28,30-31H,14,17,20-21H2,1-13H3,(H,35,38)(H,36,37);18-25,30H,13-17H2,1-12H3,(H,29,33)(H,31,32)/t26-,28-,30-,31-;22-,23+,24-,25-/m00/s1. The lowest BCUT2D eigenvalue weighted by molar-refractivity contribution is -0.141. The molecule has 1 aromatic carbocycles. The fourth-order valence-corrected chi connectivity index (χ4v) is 23.1. The zero-order chi connectivity index (χ0) is 61.6. The van der Waals surface area contributed by atoms with E-state index in [0.717, 1.165) is 43.4 Å². The molecular formula is C62H118N2O13Si2. The van der Waals surface area contributed by atoms with Gasteiger partial charge in [-0.25, -0.2) is 19.2 Å². The van der Waals surface area contributed by atoms with Gasteiger partial charge in [0.2, 0.25) is 16.6 Å². The second-order valence-corrected chi connectivity index (χ2v) is 37.9. The van der Waals surface area contributed by atoms with E-state index in [1.165, 1.54) is 0 Å². The quantitative estimate of drug-likeness (QED) is 0.0408. The van der Waals surface area contributed by atoms with E-state index in [2.05, 4.69) is 121 Å². The molecule has 0 aromatic heterocycles. The Labute approximate surface area is 483 Å². The Morgan fingerprint density at radius 2 is 0.899 bits per heavy atom. The molecule has 15 nitrogen and oxygen atoms in total. The molecule has 79 heavy (non-hydrogen) atoms. The zero-order valence-electron chi connectivity index (χ0n) is 54.3. The normalized spacial score (nSPS) is 15.9. The van der Waals surface area contributed by atoms with Crippen molar-refractivity contribution in [3.8, 4) is 5.75 Å². The first kappa shape index (κ1) is 75.8. The summed E-state index contributed by atoms with van der Waals surface area (Å²) in [5.74, 6) is -0.516. The van der Waals surface area contributed by atoms with E-state index in [1.54, 1.807) is 48.7 Å². The molecule has 5 N–H and O–H groups in total. The fourth-order valence-electron chi connectivity index (χ4n) is 11.7. The number of hydrogen-bond donors (Lipinski definition) is 5. The van der Waals surface area contributed by atoms with E-state index >= 15 is 0 Å². The molecule has 462 valence electrons. The molecule has 0 saturated heterocycles. The predicted molar refractivity (Wildman–Crippen MR) is 326 cm³/mol. The molecule has 17 heteroatoms. The van der Waals surface area contributed by atoms with Crippen molar-refractivity contribution in [3.63, 3.8) is 0 Å². The van der Waals surface area contributed by atoms with Crippen LogP contribution in [0.25, 0.3) is 0 Å². The Bertz CT molecular complexity index is 1850. The highest BCUT2D eigenvalue weighted by Crippen LogP contribution is 2.47. The van der Waals surface area contributed by atoms with Crippen molar-refractivity contribution < 1.29 is 62.3 Å². The van der Waals surface area contributed by atoms with Crippen LogP contribution >= 0.6 is 0 Å². The number of hydrogen-bond acceptors (Lipinski definition) is 11. The lowest BCUT2D eigenvalue weighted by Crippen LogP contribution is -2.55. The average molecular weight is 1160 g/mol. The smallest absolute Gasteiger partial charge is 0.408 e. The summed E-state index contributed by atoms with van der Waals surface area (Å²) in [6.07, 6.45) is 2.31. The number of nitrogens with one attached hydrogen (secondary N) is 2. The van der Waals surface area contributed by atoms with Crippen LogP contribution in [0.15, 0.2) is 24.3 Å². The van der Waals surface area contributed by atoms with Crippen LogP contribution in [-0.2, 0) is 39.3 Å². The molecule has 0 fully saturated rings. The van der Waals surface area contributed by atoms with Gasteiger partial charge >= 0.3 is 24.1 Å². The molecule has 0 aliphatic rings. The summed E-state index contributed by atoms with van der Waals surface area (Å²) >= 11 is 0.